The van der Waals surface area contributed by atoms with Crippen molar-refractivity contribution in [1.82, 2.24) is 18.8 Å². The molecule has 6 aromatic rings. The van der Waals surface area contributed by atoms with Crippen LogP contribution >= 0.6 is 82.4 Å². The molecule has 2 N–H and O–H groups in total. The highest BCUT2D eigenvalue weighted by molar-refractivity contribution is 15.0. The van der Waals surface area contributed by atoms with Crippen LogP contribution in [0.1, 0.15) is 57.3 Å². The molecule has 12 heteroatoms. The lowest BCUT2D eigenvalue weighted by Crippen LogP contribution is -2.08. The van der Waals surface area contributed by atoms with Crippen molar-refractivity contribution in [3.63, 3.8) is 0 Å². The molecule has 8 nitrogen and oxygen atoms in total. The number of imidazole rings is 2. The number of phenolic OH excluding ortho intramolecular Hbond substituents is 2. The standard InChI is InChI=1S/C16H12I2N2O2.C16H14N2O2.I2/c1-2-12-14(20-6-4-3-5-13(20)19-12)15(21)9-7-10(17)16(22)11(18)8-9;1-2-13-15(18-10-4-3-5-14(18)17-13)16(20)11-6-8-12(19)9-7-11;1-2/h3-8,22H,2H2,1H3;3-10,19H,2H2,1H3;. The Hall–Kier alpha value is -2.32. The van der Waals surface area contributed by atoms with E-state index in [0.29, 0.717) is 42.5 Å². The van der Waals surface area contributed by atoms with E-state index >= 15 is 0 Å². The third-order valence-electron chi connectivity index (χ3n) is 6.71. The van der Waals surface area contributed by atoms with E-state index in [1.165, 1.54) is 12.1 Å². The second-order valence-corrected chi connectivity index (χ2v) is 11.7. The summed E-state index contributed by atoms with van der Waals surface area (Å²) < 4.78 is 4.97. The first-order valence-electron chi connectivity index (χ1n) is 13.4. The molecule has 0 amide bonds. The molecule has 0 aliphatic heterocycles. The molecule has 0 saturated heterocycles. The van der Waals surface area contributed by atoms with E-state index < -0.39 is 0 Å². The summed E-state index contributed by atoms with van der Waals surface area (Å²) in [5, 5.41) is 19.2. The highest BCUT2D eigenvalue weighted by Gasteiger charge is 2.22. The maximum atomic E-state index is 13.0. The molecule has 0 unspecified atom stereocenters. The number of ketones is 2. The van der Waals surface area contributed by atoms with Crippen LogP contribution in [0.15, 0.2) is 85.2 Å². The van der Waals surface area contributed by atoms with Crippen LogP contribution in [0.2, 0.25) is 0 Å². The van der Waals surface area contributed by atoms with E-state index in [2.05, 4.69) is 47.2 Å². The minimum Gasteiger partial charge on any atom is -0.508 e. The predicted octanol–water partition coefficient (Wildman–Crippen LogP) is 8.65. The number of carbonyl (C=O) groups is 2. The van der Waals surface area contributed by atoms with Gasteiger partial charge in [0.05, 0.1) is 18.5 Å². The SMILES string of the molecule is CCc1nc2ccccn2c1C(=O)c1cc(I)c(O)c(I)c1.CCc1nc2ccccn2c1C(=O)c1ccc(O)cc1.II. The molecule has 0 saturated carbocycles. The summed E-state index contributed by atoms with van der Waals surface area (Å²) in [6, 6.07) is 21.0. The van der Waals surface area contributed by atoms with Crippen LogP contribution < -0.4 is 0 Å². The van der Waals surface area contributed by atoms with E-state index in [0.717, 1.165) is 22.7 Å². The van der Waals surface area contributed by atoms with Gasteiger partial charge in [0, 0.05) is 60.8 Å². The molecule has 0 bridgehead atoms. The number of benzene rings is 2. The molecule has 0 spiro atoms. The maximum Gasteiger partial charge on any atom is 0.211 e. The number of hydrogen-bond acceptors (Lipinski definition) is 6. The topological polar surface area (TPSA) is 109 Å². The van der Waals surface area contributed by atoms with Crippen molar-refractivity contribution in [3.05, 3.63) is 126 Å². The summed E-state index contributed by atoms with van der Waals surface area (Å²) >= 11 is 8.31. The van der Waals surface area contributed by atoms with Crippen LogP contribution in [0.4, 0.5) is 0 Å². The van der Waals surface area contributed by atoms with Gasteiger partial charge in [-0.15, -0.1) is 0 Å². The first-order chi connectivity index (χ1) is 21.2. The fraction of sp³-hybridized carbons (Fsp3) is 0.125. The Kier molecular flexibility index (Phi) is 12.4. The van der Waals surface area contributed by atoms with Crippen molar-refractivity contribution >= 4 is 105 Å². The third-order valence-corrected chi connectivity index (χ3v) is 8.36. The van der Waals surface area contributed by atoms with Gasteiger partial charge in [0.15, 0.2) is 0 Å². The number of aromatic hydroxyl groups is 2. The average Bonchev–Trinajstić information content (AvgIpc) is 3.62. The van der Waals surface area contributed by atoms with Crippen molar-refractivity contribution in [2.75, 3.05) is 0 Å². The Morgan fingerprint density at radius 3 is 1.55 bits per heavy atom. The number of fused-ring (bicyclic) bond motifs is 2. The van der Waals surface area contributed by atoms with Crippen LogP contribution in [0, 0.1) is 7.14 Å². The summed E-state index contributed by atoms with van der Waals surface area (Å²) in [5.74, 6) is 0.203. The summed E-state index contributed by atoms with van der Waals surface area (Å²) in [4.78, 5) is 34.7. The fourth-order valence-electron chi connectivity index (χ4n) is 4.65. The number of phenols is 2. The number of rotatable bonds is 6. The van der Waals surface area contributed by atoms with Crippen molar-refractivity contribution in [2.24, 2.45) is 0 Å². The Labute approximate surface area is 304 Å². The van der Waals surface area contributed by atoms with Crippen molar-refractivity contribution in [2.45, 2.75) is 26.7 Å². The molecule has 0 atom stereocenters. The zero-order chi connectivity index (χ0) is 32.0. The number of hydrogen-bond donors (Lipinski definition) is 2. The number of halogens is 4. The van der Waals surface area contributed by atoms with E-state index in [1.54, 1.807) is 24.3 Å². The van der Waals surface area contributed by atoms with Crippen LogP contribution in [0.25, 0.3) is 11.3 Å². The number of pyridine rings is 2. The van der Waals surface area contributed by atoms with Crippen LogP contribution in [-0.4, -0.2) is 40.5 Å². The first kappa shape index (κ1) is 34.6. The Bertz CT molecular complexity index is 1930. The molecular weight excluding hydrogens is 1010 g/mol. The normalized spacial score (nSPS) is 10.6. The van der Waals surface area contributed by atoms with Gasteiger partial charge < -0.3 is 10.2 Å². The second kappa shape index (κ2) is 15.8. The molecule has 2 aromatic carbocycles. The fourth-order valence-corrected chi connectivity index (χ4v) is 6.41. The van der Waals surface area contributed by atoms with Gasteiger partial charge in [0.2, 0.25) is 11.6 Å². The molecule has 6 rings (SSSR count). The zero-order valence-corrected chi connectivity index (χ0v) is 32.1. The van der Waals surface area contributed by atoms with Crippen LogP contribution in [0.5, 0.6) is 11.5 Å². The number of carbonyl (C=O) groups excluding carboxylic acids is 2. The molecular formula is C32H26I4N4O4. The van der Waals surface area contributed by atoms with E-state index in [4.69, 9.17) is 0 Å². The molecule has 0 aliphatic rings. The molecule has 0 aliphatic carbocycles. The highest BCUT2D eigenvalue weighted by atomic mass is 128. The summed E-state index contributed by atoms with van der Waals surface area (Å²) in [5.41, 5.74) is 5.40. The summed E-state index contributed by atoms with van der Waals surface area (Å²) in [6.07, 6.45) is 5.08. The molecule has 4 aromatic heterocycles. The van der Waals surface area contributed by atoms with Gasteiger partial charge in [0.1, 0.15) is 34.2 Å². The Morgan fingerprint density at radius 1 is 0.682 bits per heavy atom. The minimum atomic E-state index is -0.0828. The van der Waals surface area contributed by atoms with Gasteiger partial charge in [-0.05, 0) is 119 Å². The van der Waals surface area contributed by atoms with Crippen LogP contribution in [0.3, 0.4) is 0 Å². The Balaban J connectivity index is 0.000000191. The molecule has 0 radical (unpaired) electrons. The maximum absolute atomic E-state index is 13.0. The predicted molar refractivity (Wildman–Crippen MR) is 206 cm³/mol. The van der Waals surface area contributed by atoms with E-state index in [-0.39, 0.29) is 23.1 Å². The van der Waals surface area contributed by atoms with Crippen molar-refractivity contribution < 1.29 is 19.8 Å². The quantitative estimate of drug-likeness (QED) is 0.128. The molecule has 4 heterocycles. The molecule has 0 fully saturated rings. The van der Waals surface area contributed by atoms with E-state index in [9.17, 15) is 19.8 Å². The van der Waals surface area contributed by atoms with Gasteiger partial charge in [-0.1, -0.05) is 26.0 Å². The largest absolute Gasteiger partial charge is 0.508 e. The van der Waals surface area contributed by atoms with Crippen LogP contribution in [-0.2, 0) is 12.8 Å². The van der Waals surface area contributed by atoms with Gasteiger partial charge in [-0.2, -0.15) is 0 Å². The monoisotopic (exact) mass is 1040 g/mol. The average molecular weight is 1040 g/mol. The molecule has 226 valence electrons. The minimum absolute atomic E-state index is 0.0774. The summed E-state index contributed by atoms with van der Waals surface area (Å²) in [7, 11) is 0. The van der Waals surface area contributed by atoms with Gasteiger partial charge in [-0.25, -0.2) is 9.97 Å². The summed E-state index contributed by atoms with van der Waals surface area (Å²) in [6.45, 7) is 3.97. The highest BCUT2D eigenvalue weighted by Crippen LogP contribution is 2.29. The lowest BCUT2D eigenvalue weighted by atomic mass is 10.1. The Morgan fingerprint density at radius 2 is 1.11 bits per heavy atom. The van der Waals surface area contributed by atoms with Gasteiger partial charge >= 0.3 is 0 Å². The third kappa shape index (κ3) is 7.38. The first-order valence-corrected chi connectivity index (χ1v) is 21.8. The zero-order valence-electron chi connectivity index (χ0n) is 23.5. The lowest BCUT2D eigenvalue weighted by molar-refractivity contribution is 0.102. The van der Waals surface area contributed by atoms with Gasteiger partial charge in [0.25, 0.3) is 0 Å². The molecule has 44 heavy (non-hydrogen) atoms. The number of aromatic nitrogens is 4. The van der Waals surface area contributed by atoms with E-state index in [1.807, 2.05) is 117 Å². The second-order valence-electron chi connectivity index (χ2n) is 9.37. The number of nitrogens with zero attached hydrogens (tertiary/aromatic N) is 4. The van der Waals surface area contributed by atoms with Gasteiger partial charge in [-0.3, -0.25) is 18.4 Å². The van der Waals surface area contributed by atoms with Crippen molar-refractivity contribution in [1.29, 1.82) is 0 Å². The van der Waals surface area contributed by atoms with Crippen molar-refractivity contribution in [3.8, 4) is 11.5 Å². The number of aryl methyl sites for hydroxylation is 2. The smallest absolute Gasteiger partial charge is 0.211 e. The lowest BCUT2D eigenvalue weighted by Gasteiger charge is -2.07.